The minimum atomic E-state index is -1.66. The summed E-state index contributed by atoms with van der Waals surface area (Å²) in [6.07, 6.45) is -0.0301. The van der Waals surface area contributed by atoms with Crippen molar-refractivity contribution in [2.75, 3.05) is 6.54 Å². The van der Waals surface area contributed by atoms with Crippen LogP contribution in [0, 0.1) is 6.92 Å². The van der Waals surface area contributed by atoms with Crippen LogP contribution in [-0.2, 0) is 6.42 Å². The van der Waals surface area contributed by atoms with E-state index in [1.54, 1.807) is 12.1 Å². The first-order valence-corrected chi connectivity index (χ1v) is 8.71. The van der Waals surface area contributed by atoms with Crippen molar-refractivity contribution in [3.63, 3.8) is 0 Å². The number of benzene rings is 2. The van der Waals surface area contributed by atoms with E-state index >= 15 is 0 Å². The molecule has 6 heteroatoms. The Hall–Kier alpha value is -1.26. The Balaban J connectivity index is 1.97. The number of carbonyl (C=O) groups is 1. The molecule has 0 bridgehead atoms. The summed E-state index contributed by atoms with van der Waals surface area (Å²) >= 11 is 18.0. The molecular weight excluding hydrogens is 367 g/mol. The summed E-state index contributed by atoms with van der Waals surface area (Å²) in [7, 11) is 0. The average Bonchev–Trinajstić information content (AvgIpc) is 2.54. The molecule has 0 saturated carbocycles. The number of hydrogen-bond acceptors (Lipinski definition) is 2. The molecule has 3 nitrogen and oxygen atoms in total. The second kappa shape index (κ2) is 8.72. The molecule has 2 rings (SSSR count). The van der Waals surface area contributed by atoms with Gasteiger partial charge in [0.1, 0.15) is 6.17 Å². The molecule has 0 spiro atoms. The molecule has 0 aliphatic carbocycles. The summed E-state index contributed by atoms with van der Waals surface area (Å²) in [6.45, 7) is 2.48. The summed E-state index contributed by atoms with van der Waals surface area (Å²) in [6, 6.07) is 17.2. The van der Waals surface area contributed by atoms with Crippen LogP contribution in [0.2, 0.25) is 0 Å². The first-order chi connectivity index (χ1) is 11.4. The van der Waals surface area contributed by atoms with Gasteiger partial charge in [0.25, 0.3) is 5.91 Å². The summed E-state index contributed by atoms with van der Waals surface area (Å²) in [5.41, 5.74) is 2.68. The third-order valence-electron chi connectivity index (χ3n) is 3.49. The predicted molar refractivity (Wildman–Crippen MR) is 101 cm³/mol. The van der Waals surface area contributed by atoms with Gasteiger partial charge < -0.3 is 5.32 Å². The molecule has 0 aliphatic heterocycles. The van der Waals surface area contributed by atoms with Gasteiger partial charge in [-0.3, -0.25) is 10.1 Å². The topological polar surface area (TPSA) is 41.1 Å². The highest BCUT2D eigenvalue weighted by Crippen LogP contribution is 2.29. The van der Waals surface area contributed by atoms with Crippen molar-refractivity contribution in [1.82, 2.24) is 10.6 Å². The Kier molecular flexibility index (Phi) is 6.93. The molecule has 0 fully saturated rings. The monoisotopic (exact) mass is 384 g/mol. The summed E-state index contributed by atoms with van der Waals surface area (Å²) in [5, 5.41) is 5.84. The highest BCUT2D eigenvalue weighted by Gasteiger charge is 2.33. The van der Waals surface area contributed by atoms with Crippen LogP contribution < -0.4 is 10.6 Å². The Morgan fingerprint density at radius 3 is 2.42 bits per heavy atom. The molecule has 2 aromatic rings. The highest BCUT2D eigenvalue weighted by atomic mass is 35.6. The van der Waals surface area contributed by atoms with Crippen LogP contribution in [0.25, 0.3) is 0 Å². The Morgan fingerprint density at radius 2 is 1.79 bits per heavy atom. The maximum atomic E-state index is 12.4. The van der Waals surface area contributed by atoms with Crippen molar-refractivity contribution in [3.05, 3.63) is 71.3 Å². The second-order valence-electron chi connectivity index (χ2n) is 5.51. The molecule has 2 N–H and O–H groups in total. The lowest BCUT2D eigenvalue weighted by atomic mass is 10.1. The second-order valence-corrected chi connectivity index (χ2v) is 7.88. The summed E-state index contributed by atoms with van der Waals surface area (Å²) in [4.78, 5) is 12.4. The minimum absolute atomic E-state index is 0.290. The number of amides is 1. The number of carbonyl (C=O) groups excluding carboxylic acids is 1. The summed E-state index contributed by atoms with van der Waals surface area (Å²) in [5.74, 6) is -0.290. The van der Waals surface area contributed by atoms with Gasteiger partial charge in [0.2, 0.25) is 3.79 Å². The van der Waals surface area contributed by atoms with Crippen molar-refractivity contribution < 1.29 is 4.79 Å². The van der Waals surface area contributed by atoms with E-state index in [0.717, 1.165) is 17.5 Å². The van der Waals surface area contributed by atoms with Gasteiger partial charge in [-0.2, -0.15) is 0 Å². The van der Waals surface area contributed by atoms with Crippen molar-refractivity contribution in [2.24, 2.45) is 0 Å². The fraction of sp³-hybridized carbons (Fsp3) is 0.278. The first-order valence-electron chi connectivity index (χ1n) is 7.58. The quantitative estimate of drug-likeness (QED) is 0.576. The van der Waals surface area contributed by atoms with Gasteiger partial charge in [-0.05, 0) is 31.0 Å². The van der Waals surface area contributed by atoms with Crippen LogP contribution in [0.4, 0.5) is 0 Å². The lowest BCUT2D eigenvalue weighted by Gasteiger charge is -2.26. The van der Waals surface area contributed by atoms with E-state index in [1.165, 1.54) is 0 Å². The first kappa shape index (κ1) is 19.1. The van der Waals surface area contributed by atoms with Crippen molar-refractivity contribution in [3.8, 4) is 0 Å². The van der Waals surface area contributed by atoms with E-state index in [9.17, 15) is 4.79 Å². The van der Waals surface area contributed by atoms with Crippen LogP contribution in [0.15, 0.2) is 54.6 Å². The predicted octanol–water partition coefficient (Wildman–Crippen LogP) is 4.25. The highest BCUT2D eigenvalue weighted by molar-refractivity contribution is 6.68. The van der Waals surface area contributed by atoms with Crippen LogP contribution >= 0.6 is 34.8 Å². The number of hydrogen-bond donors (Lipinski definition) is 2. The molecule has 128 valence electrons. The van der Waals surface area contributed by atoms with E-state index < -0.39 is 9.96 Å². The standard InChI is InChI=1S/C18H19Cl3N2O/c1-13-6-5-9-15(12-13)16(24)23-17(18(19,20)21)22-11-10-14-7-3-2-4-8-14/h2-9,12,17,22H,10-11H2,1H3,(H,23,24)/t17-/m0/s1. The molecule has 24 heavy (non-hydrogen) atoms. The van der Waals surface area contributed by atoms with Crippen molar-refractivity contribution in [1.29, 1.82) is 0 Å². The fourth-order valence-corrected chi connectivity index (χ4v) is 2.65. The number of rotatable bonds is 6. The number of alkyl halides is 3. The van der Waals surface area contributed by atoms with E-state index in [0.29, 0.717) is 12.1 Å². The smallest absolute Gasteiger partial charge is 0.252 e. The maximum absolute atomic E-state index is 12.4. The minimum Gasteiger partial charge on any atom is -0.333 e. The maximum Gasteiger partial charge on any atom is 0.252 e. The molecule has 1 atom stereocenters. The van der Waals surface area contributed by atoms with Crippen LogP contribution in [0.5, 0.6) is 0 Å². The zero-order chi connectivity index (χ0) is 17.6. The largest absolute Gasteiger partial charge is 0.333 e. The Bertz CT molecular complexity index is 671. The van der Waals surface area contributed by atoms with E-state index in [-0.39, 0.29) is 5.91 Å². The molecule has 0 radical (unpaired) electrons. The lowest BCUT2D eigenvalue weighted by molar-refractivity contribution is 0.0930. The van der Waals surface area contributed by atoms with E-state index in [4.69, 9.17) is 34.8 Å². The van der Waals surface area contributed by atoms with Gasteiger partial charge in [0.05, 0.1) is 0 Å². The fourth-order valence-electron chi connectivity index (χ4n) is 2.25. The van der Waals surface area contributed by atoms with E-state index in [2.05, 4.69) is 10.6 Å². The molecule has 0 saturated heterocycles. The molecule has 0 unspecified atom stereocenters. The SMILES string of the molecule is Cc1cccc(C(=O)N[C@H](NCCc2ccccc2)C(Cl)(Cl)Cl)c1. The van der Waals surface area contributed by atoms with Crippen LogP contribution in [0.1, 0.15) is 21.5 Å². The normalized spacial score (nSPS) is 12.7. The number of nitrogens with one attached hydrogen (secondary N) is 2. The van der Waals surface area contributed by atoms with Crippen LogP contribution in [0.3, 0.4) is 0 Å². The lowest BCUT2D eigenvalue weighted by Crippen LogP contribution is -2.53. The average molecular weight is 386 g/mol. The van der Waals surface area contributed by atoms with Crippen molar-refractivity contribution >= 4 is 40.7 Å². The van der Waals surface area contributed by atoms with Gasteiger partial charge in [-0.1, -0.05) is 82.8 Å². The number of aryl methyl sites for hydroxylation is 1. The molecule has 0 heterocycles. The van der Waals surface area contributed by atoms with Gasteiger partial charge >= 0.3 is 0 Å². The van der Waals surface area contributed by atoms with Crippen molar-refractivity contribution in [2.45, 2.75) is 23.3 Å². The van der Waals surface area contributed by atoms with Gasteiger partial charge in [-0.15, -0.1) is 0 Å². The zero-order valence-electron chi connectivity index (χ0n) is 13.2. The Morgan fingerprint density at radius 1 is 1.08 bits per heavy atom. The molecule has 0 aliphatic rings. The van der Waals surface area contributed by atoms with E-state index in [1.807, 2.05) is 49.4 Å². The van der Waals surface area contributed by atoms with Gasteiger partial charge in [-0.25, -0.2) is 0 Å². The van der Waals surface area contributed by atoms with Gasteiger partial charge in [0.15, 0.2) is 0 Å². The third kappa shape index (κ3) is 5.99. The summed E-state index contributed by atoms with van der Waals surface area (Å²) < 4.78 is -1.66. The molecule has 2 aromatic carbocycles. The zero-order valence-corrected chi connectivity index (χ0v) is 15.5. The molecule has 0 aromatic heterocycles. The number of halogens is 3. The third-order valence-corrected chi connectivity index (χ3v) is 4.14. The molecule has 1 amide bonds. The van der Waals surface area contributed by atoms with Crippen LogP contribution in [-0.4, -0.2) is 22.4 Å². The van der Waals surface area contributed by atoms with Gasteiger partial charge in [0, 0.05) is 12.1 Å². The molecular formula is C18H19Cl3N2O. The Labute approximate surface area is 157 Å².